The summed E-state index contributed by atoms with van der Waals surface area (Å²) in [5.41, 5.74) is 3.38. The number of thiazole rings is 1. The van der Waals surface area contributed by atoms with Crippen molar-refractivity contribution in [3.8, 4) is 11.8 Å². The molecule has 2 heterocycles. The number of anilines is 1. The molecule has 0 fully saturated rings. The molecule has 27 heavy (non-hydrogen) atoms. The first-order valence-electron chi connectivity index (χ1n) is 8.90. The third-order valence-corrected chi connectivity index (χ3v) is 5.82. The summed E-state index contributed by atoms with van der Waals surface area (Å²) in [6.45, 7) is 5.92. The number of rotatable bonds is 4. The molecule has 0 aliphatic carbocycles. The van der Waals surface area contributed by atoms with Gasteiger partial charge in [0.1, 0.15) is 16.8 Å². The Morgan fingerprint density at radius 3 is 2.70 bits per heavy atom. The maximum Gasteiger partial charge on any atom is 0.228 e. The molecule has 0 bridgehead atoms. The summed E-state index contributed by atoms with van der Waals surface area (Å²) in [6.07, 6.45) is -1.22. The van der Waals surface area contributed by atoms with Crippen molar-refractivity contribution < 1.29 is 9.84 Å². The summed E-state index contributed by atoms with van der Waals surface area (Å²) in [7, 11) is 0. The van der Waals surface area contributed by atoms with E-state index in [2.05, 4.69) is 29.8 Å². The van der Waals surface area contributed by atoms with Crippen LogP contribution in [0.15, 0.2) is 42.5 Å². The van der Waals surface area contributed by atoms with E-state index in [1.807, 2.05) is 42.5 Å². The molecule has 6 heteroatoms. The van der Waals surface area contributed by atoms with Crippen LogP contribution in [0.25, 0.3) is 21.4 Å². The van der Waals surface area contributed by atoms with Gasteiger partial charge in [-0.1, -0.05) is 12.1 Å². The SMILES string of the molecule is CCN(CC)c1ccc2c(c1)OC(O)C(c1nc3ccccc3s1)=C2C#N. The Bertz CT molecular complexity index is 1040. The van der Waals surface area contributed by atoms with Crippen LogP contribution in [0.1, 0.15) is 24.4 Å². The number of aliphatic hydroxyl groups excluding tert-OH is 1. The minimum absolute atomic E-state index is 0.411. The molecule has 1 aliphatic heterocycles. The zero-order chi connectivity index (χ0) is 19.0. The highest BCUT2D eigenvalue weighted by atomic mass is 32.1. The molecule has 1 atom stereocenters. The topological polar surface area (TPSA) is 69.4 Å². The molecule has 3 aromatic rings. The minimum atomic E-state index is -1.22. The lowest BCUT2D eigenvalue weighted by Crippen LogP contribution is -2.25. The Kier molecular flexibility index (Phi) is 4.56. The van der Waals surface area contributed by atoms with E-state index in [1.165, 1.54) is 11.3 Å². The fourth-order valence-electron chi connectivity index (χ4n) is 3.37. The second-order valence-electron chi connectivity index (χ2n) is 6.21. The van der Waals surface area contributed by atoms with Crippen LogP contribution in [0.2, 0.25) is 0 Å². The fourth-order valence-corrected chi connectivity index (χ4v) is 4.40. The Hall–Kier alpha value is -2.88. The van der Waals surface area contributed by atoms with Gasteiger partial charge in [-0.25, -0.2) is 4.98 Å². The van der Waals surface area contributed by atoms with Crippen LogP contribution in [-0.2, 0) is 0 Å². The first kappa shape index (κ1) is 17.5. The number of aromatic nitrogens is 1. The van der Waals surface area contributed by atoms with E-state index < -0.39 is 6.29 Å². The van der Waals surface area contributed by atoms with Crippen molar-refractivity contribution in [1.82, 2.24) is 4.98 Å². The van der Waals surface area contributed by atoms with E-state index in [4.69, 9.17) is 4.74 Å². The highest BCUT2D eigenvalue weighted by molar-refractivity contribution is 7.19. The number of nitrogens with zero attached hydrogens (tertiary/aromatic N) is 3. The van der Waals surface area contributed by atoms with Crippen molar-refractivity contribution >= 4 is 38.4 Å². The molecule has 0 spiro atoms. The molecule has 1 aromatic heterocycles. The van der Waals surface area contributed by atoms with E-state index >= 15 is 0 Å². The average Bonchev–Trinajstić information content (AvgIpc) is 3.11. The number of hydrogen-bond donors (Lipinski definition) is 1. The van der Waals surface area contributed by atoms with E-state index in [-0.39, 0.29) is 0 Å². The lowest BCUT2D eigenvalue weighted by molar-refractivity contribution is 0.0317. The van der Waals surface area contributed by atoms with Gasteiger partial charge in [0.15, 0.2) is 0 Å². The molecular weight excluding hydrogens is 358 g/mol. The zero-order valence-corrected chi connectivity index (χ0v) is 16.0. The molecular formula is C21H19N3O2S. The van der Waals surface area contributed by atoms with E-state index in [0.29, 0.717) is 27.5 Å². The summed E-state index contributed by atoms with van der Waals surface area (Å²) < 4.78 is 6.80. The molecule has 0 saturated heterocycles. The first-order valence-corrected chi connectivity index (χ1v) is 9.72. The lowest BCUT2D eigenvalue weighted by atomic mass is 9.97. The van der Waals surface area contributed by atoms with Crippen LogP contribution in [-0.4, -0.2) is 29.5 Å². The molecule has 1 unspecified atom stereocenters. The molecule has 136 valence electrons. The molecule has 0 amide bonds. The second-order valence-corrected chi connectivity index (χ2v) is 7.24. The number of allylic oxidation sites excluding steroid dienone is 1. The van der Waals surface area contributed by atoms with Crippen LogP contribution in [0.4, 0.5) is 5.69 Å². The van der Waals surface area contributed by atoms with E-state index in [0.717, 1.165) is 29.0 Å². The Balaban J connectivity index is 1.86. The third-order valence-electron chi connectivity index (χ3n) is 4.75. The number of ether oxygens (including phenoxy) is 1. The van der Waals surface area contributed by atoms with Gasteiger partial charge in [-0.2, -0.15) is 5.26 Å². The Labute approximate surface area is 161 Å². The maximum absolute atomic E-state index is 10.7. The second kappa shape index (κ2) is 7.03. The molecule has 4 rings (SSSR count). The van der Waals surface area contributed by atoms with Gasteiger partial charge in [0.05, 0.1) is 21.4 Å². The number of para-hydroxylation sites is 1. The quantitative estimate of drug-likeness (QED) is 0.735. The predicted molar refractivity (Wildman–Crippen MR) is 109 cm³/mol. The van der Waals surface area contributed by atoms with Crippen molar-refractivity contribution in [2.45, 2.75) is 20.1 Å². The first-order chi connectivity index (χ1) is 13.2. The van der Waals surface area contributed by atoms with Crippen LogP contribution < -0.4 is 9.64 Å². The van der Waals surface area contributed by atoms with Crippen LogP contribution >= 0.6 is 11.3 Å². The third kappa shape index (κ3) is 2.95. The summed E-state index contributed by atoms with van der Waals surface area (Å²) in [4.78, 5) is 6.78. The largest absolute Gasteiger partial charge is 0.460 e. The number of nitriles is 1. The summed E-state index contributed by atoms with van der Waals surface area (Å²) in [5.74, 6) is 0.522. The average molecular weight is 377 g/mol. The predicted octanol–water partition coefficient (Wildman–Crippen LogP) is 4.29. The smallest absolute Gasteiger partial charge is 0.228 e. The molecule has 5 nitrogen and oxygen atoms in total. The summed E-state index contributed by atoms with van der Waals surface area (Å²) >= 11 is 1.45. The maximum atomic E-state index is 10.7. The lowest BCUT2D eigenvalue weighted by Gasteiger charge is -2.27. The Morgan fingerprint density at radius 2 is 2.00 bits per heavy atom. The van der Waals surface area contributed by atoms with Crippen molar-refractivity contribution in [1.29, 1.82) is 5.26 Å². The van der Waals surface area contributed by atoms with Crippen LogP contribution in [0.3, 0.4) is 0 Å². The van der Waals surface area contributed by atoms with E-state index in [1.54, 1.807) is 0 Å². The van der Waals surface area contributed by atoms with Crippen molar-refractivity contribution in [3.05, 3.63) is 53.0 Å². The molecule has 0 radical (unpaired) electrons. The minimum Gasteiger partial charge on any atom is -0.460 e. The van der Waals surface area contributed by atoms with Crippen LogP contribution in [0.5, 0.6) is 5.75 Å². The van der Waals surface area contributed by atoms with Gasteiger partial charge in [0.25, 0.3) is 0 Å². The van der Waals surface area contributed by atoms with Gasteiger partial charge in [-0.15, -0.1) is 11.3 Å². The number of aliphatic hydroxyl groups is 1. The Morgan fingerprint density at radius 1 is 1.22 bits per heavy atom. The number of fused-ring (bicyclic) bond motifs is 2. The molecule has 2 aromatic carbocycles. The summed E-state index contributed by atoms with van der Waals surface area (Å²) in [6, 6.07) is 15.8. The van der Waals surface area contributed by atoms with Crippen molar-refractivity contribution in [2.24, 2.45) is 0 Å². The summed E-state index contributed by atoms with van der Waals surface area (Å²) in [5, 5.41) is 21.1. The van der Waals surface area contributed by atoms with Gasteiger partial charge < -0.3 is 14.7 Å². The molecule has 1 aliphatic rings. The van der Waals surface area contributed by atoms with Gasteiger partial charge in [-0.3, -0.25) is 0 Å². The normalized spacial score (nSPS) is 16.0. The standard InChI is InChI=1S/C21H19N3O2S/c1-3-24(4-2)13-9-10-14-15(12-22)19(21(25)26-17(14)11-13)20-23-16-7-5-6-8-18(16)27-20/h5-11,21,25H,3-4H2,1-2H3. The molecule has 1 N–H and O–H groups in total. The van der Waals surface area contributed by atoms with Crippen molar-refractivity contribution in [3.63, 3.8) is 0 Å². The van der Waals surface area contributed by atoms with Gasteiger partial charge >= 0.3 is 0 Å². The highest BCUT2D eigenvalue weighted by Crippen LogP contribution is 2.42. The van der Waals surface area contributed by atoms with E-state index in [9.17, 15) is 10.4 Å². The van der Waals surface area contributed by atoms with Gasteiger partial charge in [0, 0.05) is 30.4 Å². The van der Waals surface area contributed by atoms with Gasteiger partial charge in [-0.05, 0) is 38.1 Å². The fraction of sp³-hybridized carbons (Fsp3) is 0.238. The van der Waals surface area contributed by atoms with Crippen LogP contribution in [0, 0.1) is 11.3 Å². The number of benzene rings is 2. The monoisotopic (exact) mass is 377 g/mol. The number of hydrogen-bond acceptors (Lipinski definition) is 6. The highest BCUT2D eigenvalue weighted by Gasteiger charge is 2.31. The van der Waals surface area contributed by atoms with Gasteiger partial charge in [0.2, 0.25) is 6.29 Å². The van der Waals surface area contributed by atoms with Crippen molar-refractivity contribution in [2.75, 3.05) is 18.0 Å². The zero-order valence-electron chi connectivity index (χ0n) is 15.1. The molecule has 0 saturated carbocycles.